The van der Waals surface area contributed by atoms with E-state index < -0.39 is 0 Å². The maximum atomic E-state index is 12.7. The van der Waals surface area contributed by atoms with E-state index in [1.807, 2.05) is 47.9 Å². The van der Waals surface area contributed by atoms with E-state index in [1.165, 1.54) is 4.90 Å². The molecule has 0 aliphatic carbocycles. The summed E-state index contributed by atoms with van der Waals surface area (Å²) in [7, 11) is 4.17. The van der Waals surface area contributed by atoms with Crippen LogP contribution in [-0.4, -0.2) is 38.1 Å². The highest BCUT2D eigenvalue weighted by molar-refractivity contribution is 7.22. The van der Waals surface area contributed by atoms with Crippen molar-refractivity contribution in [2.24, 2.45) is 0 Å². The number of anilines is 1. The van der Waals surface area contributed by atoms with E-state index in [0.29, 0.717) is 6.54 Å². The van der Waals surface area contributed by atoms with Gasteiger partial charge in [-0.25, -0.2) is 4.98 Å². The second kappa shape index (κ2) is 7.70. The maximum Gasteiger partial charge on any atom is 0.253 e. The van der Waals surface area contributed by atoms with E-state index in [2.05, 4.69) is 19.1 Å². The zero-order valence-corrected chi connectivity index (χ0v) is 15.4. The van der Waals surface area contributed by atoms with Crippen LogP contribution in [0.1, 0.15) is 4.88 Å². The molecule has 124 valence electrons. The number of carbonyl (C=O) groups is 1. The van der Waals surface area contributed by atoms with Crippen molar-refractivity contribution in [3.05, 3.63) is 52.7 Å². The molecule has 0 fully saturated rings. The molecule has 6 heteroatoms. The zero-order valence-electron chi connectivity index (χ0n) is 13.7. The van der Waals surface area contributed by atoms with Gasteiger partial charge in [0.1, 0.15) is 0 Å². The Morgan fingerprint density at radius 3 is 2.79 bits per heavy atom. The van der Waals surface area contributed by atoms with Gasteiger partial charge in [0.25, 0.3) is 5.91 Å². The van der Waals surface area contributed by atoms with E-state index >= 15 is 0 Å². The first-order chi connectivity index (χ1) is 11.6. The molecule has 1 aromatic carbocycles. The number of aromatic nitrogens is 1. The third-order valence-corrected chi connectivity index (χ3v) is 5.45. The molecule has 1 amide bonds. The van der Waals surface area contributed by atoms with Crippen LogP contribution in [0.2, 0.25) is 0 Å². The quantitative estimate of drug-likeness (QED) is 0.688. The number of para-hydroxylation sites is 1. The Morgan fingerprint density at radius 2 is 2.08 bits per heavy atom. The summed E-state index contributed by atoms with van der Waals surface area (Å²) >= 11 is 3.18. The van der Waals surface area contributed by atoms with Gasteiger partial charge in [-0.1, -0.05) is 29.5 Å². The molecular weight excluding hydrogens is 338 g/mol. The van der Waals surface area contributed by atoms with Crippen LogP contribution in [0.3, 0.4) is 0 Å². The number of carbonyl (C=O) groups excluding carboxylic acids is 1. The van der Waals surface area contributed by atoms with Gasteiger partial charge in [-0.2, -0.15) is 0 Å². The molecule has 3 rings (SSSR count). The van der Waals surface area contributed by atoms with Crippen molar-refractivity contribution in [1.82, 2.24) is 4.98 Å². The highest BCUT2D eigenvalue weighted by Gasteiger charge is 2.18. The van der Waals surface area contributed by atoms with E-state index in [9.17, 15) is 4.79 Å². The molecular formula is C18H20N3OS2+. The van der Waals surface area contributed by atoms with Crippen LogP contribution in [-0.2, 0) is 4.79 Å². The van der Waals surface area contributed by atoms with Gasteiger partial charge in [0.15, 0.2) is 5.13 Å². The number of quaternary nitrogens is 1. The largest absolute Gasteiger partial charge is 0.338 e. The predicted octanol–water partition coefficient (Wildman–Crippen LogP) is 2.55. The van der Waals surface area contributed by atoms with Crippen LogP contribution >= 0.6 is 22.7 Å². The first-order valence-electron chi connectivity index (χ1n) is 7.81. The fraction of sp³-hybridized carbons (Fsp3) is 0.222. The van der Waals surface area contributed by atoms with Crippen molar-refractivity contribution < 1.29 is 9.69 Å². The number of thiophene rings is 1. The second-order valence-electron chi connectivity index (χ2n) is 5.76. The molecule has 4 nitrogen and oxygen atoms in total. The molecule has 0 saturated heterocycles. The number of rotatable bonds is 6. The average Bonchev–Trinajstić information content (AvgIpc) is 3.22. The van der Waals surface area contributed by atoms with E-state index in [0.717, 1.165) is 26.8 Å². The minimum atomic E-state index is -0.0243. The molecule has 0 aliphatic rings. The standard InChI is InChI=1S/C18H19N3OS2/c1-20(2)11-12-21(17(22)10-9-14-6-5-13-23-14)18-19-15-7-3-4-8-16(15)24-18/h3-10,13H,11-12H2,1-2H3/p+1/b10-9+. The predicted molar refractivity (Wildman–Crippen MR) is 103 cm³/mol. The number of nitrogens with one attached hydrogen (secondary N) is 1. The van der Waals surface area contributed by atoms with Gasteiger partial charge < -0.3 is 4.90 Å². The second-order valence-corrected chi connectivity index (χ2v) is 7.75. The van der Waals surface area contributed by atoms with Crippen LogP contribution in [0.4, 0.5) is 5.13 Å². The first-order valence-corrected chi connectivity index (χ1v) is 9.51. The number of hydrogen-bond donors (Lipinski definition) is 1. The third-order valence-electron chi connectivity index (χ3n) is 3.55. The van der Waals surface area contributed by atoms with Crippen LogP contribution in [0.5, 0.6) is 0 Å². The smallest absolute Gasteiger partial charge is 0.253 e. The SMILES string of the molecule is C[NH+](C)CCN(C(=O)/C=C/c1cccs1)c1nc2ccccc2s1. The number of fused-ring (bicyclic) bond motifs is 1. The summed E-state index contributed by atoms with van der Waals surface area (Å²) in [6.07, 6.45) is 3.51. The lowest BCUT2D eigenvalue weighted by Gasteiger charge is -2.19. The molecule has 0 saturated carbocycles. The Kier molecular flexibility index (Phi) is 5.40. The van der Waals surface area contributed by atoms with Crippen molar-refractivity contribution in [3.8, 4) is 0 Å². The van der Waals surface area contributed by atoms with Crippen LogP contribution in [0.15, 0.2) is 47.9 Å². The summed E-state index contributed by atoms with van der Waals surface area (Å²) < 4.78 is 1.10. The van der Waals surface area contributed by atoms with Crippen molar-refractivity contribution in [2.45, 2.75) is 0 Å². The van der Waals surface area contributed by atoms with E-state index in [-0.39, 0.29) is 5.91 Å². The Balaban J connectivity index is 1.85. The lowest BCUT2D eigenvalue weighted by atomic mass is 10.3. The Morgan fingerprint density at radius 1 is 1.25 bits per heavy atom. The highest BCUT2D eigenvalue weighted by Crippen LogP contribution is 2.28. The molecule has 0 spiro atoms. The van der Waals surface area contributed by atoms with Gasteiger partial charge >= 0.3 is 0 Å². The Hall–Kier alpha value is -2.02. The molecule has 2 aromatic heterocycles. The van der Waals surface area contributed by atoms with Crippen LogP contribution in [0.25, 0.3) is 16.3 Å². The third kappa shape index (κ3) is 4.08. The van der Waals surface area contributed by atoms with E-state index in [1.54, 1.807) is 33.6 Å². The molecule has 0 radical (unpaired) electrons. The van der Waals surface area contributed by atoms with Crippen LogP contribution in [0, 0.1) is 0 Å². The minimum absolute atomic E-state index is 0.0243. The molecule has 24 heavy (non-hydrogen) atoms. The minimum Gasteiger partial charge on any atom is -0.338 e. The van der Waals surface area contributed by atoms with Gasteiger partial charge in [-0.3, -0.25) is 9.69 Å². The van der Waals surface area contributed by atoms with Gasteiger partial charge in [0.05, 0.1) is 37.4 Å². The molecule has 0 aliphatic heterocycles. The summed E-state index contributed by atoms with van der Waals surface area (Å²) in [6, 6.07) is 12.0. The summed E-state index contributed by atoms with van der Waals surface area (Å²) in [6.45, 7) is 1.52. The van der Waals surface area contributed by atoms with Gasteiger partial charge in [-0.15, -0.1) is 11.3 Å². The molecule has 0 bridgehead atoms. The number of benzene rings is 1. The summed E-state index contributed by atoms with van der Waals surface area (Å²) in [4.78, 5) is 21.5. The zero-order chi connectivity index (χ0) is 16.9. The lowest BCUT2D eigenvalue weighted by Crippen LogP contribution is -3.06. The fourth-order valence-electron chi connectivity index (χ4n) is 2.24. The maximum absolute atomic E-state index is 12.7. The molecule has 0 atom stereocenters. The van der Waals surface area contributed by atoms with Crippen molar-refractivity contribution in [3.63, 3.8) is 0 Å². The Bertz CT molecular complexity index is 804. The highest BCUT2D eigenvalue weighted by atomic mass is 32.1. The topological polar surface area (TPSA) is 37.6 Å². The van der Waals surface area contributed by atoms with Gasteiger partial charge in [0.2, 0.25) is 0 Å². The number of nitrogens with zero attached hydrogens (tertiary/aromatic N) is 2. The van der Waals surface area contributed by atoms with E-state index in [4.69, 9.17) is 0 Å². The molecule has 0 unspecified atom stereocenters. The molecule has 1 N–H and O–H groups in total. The summed E-state index contributed by atoms with van der Waals surface area (Å²) in [5.74, 6) is -0.0243. The number of hydrogen-bond acceptors (Lipinski definition) is 4. The van der Waals surface area contributed by atoms with Crippen molar-refractivity contribution >= 4 is 50.0 Å². The summed E-state index contributed by atoms with van der Waals surface area (Å²) in [5.41, 5.74) is 0.940. The van der Waals surface area contributed by atoms with Crippen LogP contribution < -0.4 is 9.80 Å². The summed E-state index contributed by atoms with van der Waals surface area (Å²) in [5, 5.41) is 2.77. The molecule has 2 heterocycles. The van der Waals surface area contributed by atoms with Gasteiger partial charge in [-0.05, 0) is 29.7 Å². The van der Waals surface area contributed by atoms with Crippen molar-refractivity contribution in [1.29, 1.82) is 0 Å². The molecule has 3 aromatic rings. The first kappa shape index (κ1) is 16.8. The number of thiazole rings is 1. The average molecular weight is 359 g/mol. The lowest BCUT2D eigenvalue weighted by molar-refractivity contribution is -0.856. The Labute approximate surface area is 149 Å². The normalized spacial score (nSPS) is 11.6. The number of amides is 1. The fourth-order valence-corrected chi connectivity index (χ4v) is 3.86. The van der Waals surface area contributed by atoms with Crippen molar-refractivity contribution in [2.75, 3.05) is 32.1 Å². The monoisotopic (exact) mass is 358 g/mol. The number of likely N-dealkylation sites (N-methyl/N-ethyl adjacent to an activating group) is 1. The van der Waals surface area contributed by atoms with Gasteiger partial charge in [0, 0.05) is 11.0 Å².